The van der Waals surface area contributed by atoms with Gasteiger partial charge >= 0.3 is 6.03 Å². The van der Waals surface area contributed by atoms with Gasteiger partial charge in [-0.3, -0.25) is 0 Å². The number of aliphatic hydroxyl groups is 1. The molecule has 0 fully saturated rings. The Bertz CT molecular complexity index is 495. The van der Waals surface area contributed by atoms with Gasteiger partial charge in [-0.15, -0.1) is 0 Å². The fourth-order valence-corrected chi connectivity index (χ4v) is 2.19. The molecule has 1 rings (SSSR count). The average molecular weight is 296 g/mol. The average Bonchev–Trinajstić information content (AvgIpc) is 2.34. The van der Waals surface area contributed by atoms with Crippen LogP contribution in [0.2, 0.25) is 0 Å². The van der Waals surface area contributed by atoms with Crippen molar-refractivity contribution in [3.8, 4) is 0 Å². The minimum atomic E-state index is -0.951. The van der Waals surface area contributed by atoms with Gasteiger partial charge in [0.15, 0.2) is 0 Å². The highest BCUT2D eigenvalue weighted by Crippen LogP contribution is 2.24. The number of carbonyl (C=O) groups excluding carboxylic acids is 1. The first-order chi connectivity index (χ1) is 9.53. The molecule has 0 atom stereocenters. The fourth-order valence-electron chi connectivity index (χ4n) is 2.19. The van der Waals surface area contributed by atoms with Crippen LogP contribution in [-0.2, 0) is 5.41 Å². The van der Waals surface area contributed by atoms with Gasteiger partial charge in [0, 0.05) is 19.0 Å². The molecule has 1 aromatic carbocycles. The number of nitrogens with zero attached hydrogens (tertiary/aromatic N) is 1. The Kier molecular flexibility index (Phi) is 5.34. The topological polar surface area (TPSA) is 52.6 Å². The number of nitrogens with one attached hydrogen (secondary N) is 1. The van der Waals surface area contributed by atoms with Gasteiger partial charge < -0.3 is 15.3 Å². The molecule has 0 aliphatic heterocycles. The zero-order valence-corrected chi connectivity index (χ0v) is 13.4. The Morgan fingerprint density at radius 1 is 1.29 bits per heavy atom. The third-order valence-corrected chi connectivity index (χ3v) is 3.26. The van der Waals surface area contributed by atoms with Crippen molar-refractivity contribution in [3.63, 3.8) is 0 Å². The first kappa shape index (κ1) is 17.4. The van der Waals surface area contributed by atoms with Gasteiger partial charge in [-0.1, -0.05) is 32.0 Å². The third-order valence-electron chi connectivity index (χ3n) is 3.26. The van der Waals surface area contributed by atoms with E-state index in [9.17, 15) is 14.3 Å². The minimum absolute atomic E-state index is 0.221. The Morgan fingerprint density at radius 2 is 1.86 bits per heavy atom. The molecule has 0 aliphatic carbocycles. The van der Waals surface area contributed by atoms with Crippen molar-refractivity contribution in [1.29, 1.82) is 0 Å². The van der Waals surface area contributed by atoms with Crippen LogP contribution in [0.25, 0.3) is 0 Å². The molecular weight excluding hydrogens is 271 g/mol. The van der Waals surface area contributed by atoms with Crippen molar-refractivity contribution in [2.24, 2.45) is 0 Å². The maximum Gasteiger partial charge on any atom is 0.317 e. The van der Waals surface area contributed by atoms with E-state index in [4.69, 9.17) is 0 Å². The van der Waals surface area contributed by atoms with Gasteiger partial charge in [-0.2, -0.15) is 0 Å². The first-order valence-electron chi connectivity index (χ1n) is 6.99. The van der Waals surface area contributed by atoms with Crippen molar-refractivity contribution in [2.75, 3.05) is 20.1 Å². The van der Waals surface area contributed by atoms with Crippen molar-refractivity contribution < 1.29 is 14.3 Å². The number of rotatable bonds is 5. The van der Waals surface area contributed by atoms with Crippen LogP contribution in [0.1, 0.15) is 33.3 Å². The SMILES string of the molecule is CN(CC(C)(C)O)C(=O)NCC(C)(C)c1ccccc1F. The smallest absolute Gasteiger partial charge is 0.317 e. The molecule has 0 saturated heterocycles. The Hall–Kier alpha value is -1.62. The summed E-state index contributed by atoms with van der Waals surface area (Å²) in [6.07, 6.45) is 0. The van der Waals surface area contributed by atoms with Crippen LogP contribution < -0.4 is 5.32 Å². The number of halogens is 1. The molecule has 0 bridgehead atoms. The molecule has 2 amide bonds. The van der Waals surface area contributed by atoms with E-state index in [1.807, 2.05) is 13.8 Å². The number of urea groups is 1. The highest BCUT2D eigenvalue weighted by molar-refractivity contribution is 5.74. The summed E-state index contributed by atoms with van der Waals surface area (Å²) in [5.74, 6) is -0.276. The summed E-state index contributed by atoms with van der Waals surface area (Å²) in [6, 6.07) is 6.27. The van der Waals surface area contributed by atoms with E-state index in [1.54, 1.807) is 39.1 Å². The van der Waals surface area contributed by atoms with Crippen LogP contribution in [0.4, 0.5) is 9.18 Å². The van der Waals surface area contributed by atoms with Gasteiger partial charge in [-0.25, -0.2) is 9.18 Å². The van der Waals surface area contributed by atoms with E-state index in [1.165, 1.54) is 11.0 Å². The van der Waals surface area contributed by atoms with E-state index in [0.29, 0.717) is 12.1 Å². The Balaban J connectivity index is 2.65. The lowest BCUT2D eigenvalue weighted by molar-refractivity contribution is 0.0530. The first-order valence-corrected chi connectivity index (χ1v) is 6.99. The van der Waals surface area contributed by atoms with Crippen molar-refractivity contribution in [2.45, 2.75) is 38.7 Å². The second-order valence-electron chi connectivity index (χ2n) is 6.69. The molecule has 0 aliphatic rings. The zero-order valence-electron chi connectivity index (χ0n) is 13.4. The highest BCUT2D eigenvalue weighted by Gasteiger charge is 2.26. The number of benzene rings is 1. The molecule has 0 spiro atoms. The molecule has 5 heteroatoms. The molecule has 1 aromatic rings. The molecule has 4 nitrogen and oxygen atoms in total. The normalized spacial score (nSPS) is 12.1. The van der Waals surface area contributed by atoms with Crippen LogP contribution in [-0.4, -0.2) is 41.8 Å². The number of hydrogen-bond donors (Lipinski definition) is 2. The van der Waals surface area contributed by atoms with E-state index < -0.39 is 11.0 Å². The Labute approximate surface area is 126 Å². The second-order valence-corrected chi connectivity index (χ2v) is 6.69. The summed E-state index contributed by atoms with van der Waals surface area (Å²) < 4.78 is 13.8. The Morgan fingerprint density at radius 3 is 2.38 bits per heavy atom. The molecule has 2 N–H and O–H groups in total. The van der Waals surface area contributed by atoms with Crippen LogP contribution in [0.15, 0.2) is 24.3 Å². The highest BCUT2D eigenvalue weighted by atomic mass is 19.1. The summed E-state index contributed by atoms with van der Waals surface area (Å²) in [7, 11) is 1.61. The molecule has 21 heavy (non-hydrogen) atoms. The van der Waals surface area contributed by atoms with Crippen molar-refractivity contribution >= 4 is 6.03 Å². The maximum absolute atomic E-state index is 13.8. The van der Waals surface area contributed by atoms with Gasteiger partial charge in [0.05, 0.1) is 12.1 Å². The lowest BCUT2D eigenvalue weighted by Gasteiger charge is -2.29. The van der Waals surface area contributed by atoms with Crippen LogP contribution in [0.3, 0.4) is 0 Å². The van der Waals surface area contributed by atoms with Crippen LogP contribution >= 0.6 is 0 Å². The molecular formula is C16H25FN2O2. The minimum Gasteiger partial charge on any atom is -0.389 e. The summed E-state index contributed by atoms with van der Waals surface area (Å²) in [5, 5.41) is 12.5. The van der Waals surface area contributed by atoms with Crippen molar-refractivity contribution in [3.05, 3.63) is 35.6 Å². The molecule has 0 unspecified atom stereocenters. The summed E-state index contributed by atoms with van der Waals surface area (Å²) in [6.45, 7) is 7.56. The van der Waals surface area contributed by atoms with Crippen LogP contribution in [0.5, 0.6) is 0 Å². The summed E-state index contributed by atoms with van der Waals surface area (Å²) in [5.41, 5.74) is -0.903. The predicted molar refractivity (Wildman–Crippen MR) is 81.8 cm³/mol. The van der Waals surface area contributed by atoms with Gasteiger partial charge in [0.25, 0.3) is 0 Å². The third kappa shape index (κ3) is 5.34. The fraction of sp³-hybridized carbons (Fsp3) is 0.562. The molecule has 0 saturated carbocycles. The summed E-state index contributed by atoms with van der Waals surface area (Å²) >= 11 is 0. The largest absolute Gasteiger partial charge is 0.389 e. The molecule has 118 valence electrons. The number of amides is 2. The van der Waals surface area contributed by atoms with Gasteiger partial charge in [-0.05, 0) is 25.5 Å². The predicted octanol–water partition coefficient (Wildman–Crippen LogP) is 2.52. The van der Waals surface area contributed by atoms with E-state index in [0.717, 1.165) is 0 Å². The lowest BCUT2D eigenvalue weighted by atomic mass is 9.84. The van der Waals surface area contributed by atoms with E-state index >= 15 is 0 Å². The second kappa shape index (κ2) is 6.43. The molecule has 0 heterocycles. The van der Waals surface area contributed by atoms with Gasteiger partial charge in [0.1, 0.15) is 5.82 Å². The molecule has 0 aromatic heterocycles. The lowest BCUT2D eigenvalue weighted by Crippen LogP contribution is -2.47. The monoisotopic (exact) mass is 296 g/mol. The standard InChI is InChI=1S/C16H25FN2O2/c1-15(2,12-8-6-7-9-13(12)17)10-18-14(20)19(5)11-16(3,4)21/h6-9,21H,10-11H2,1-5H3,(H,18,20). The number of hydrogen-bond acceptors (Lipinski definition) is 2. The van der Waals surface area contributed by atoms with Crippen LogP contribution in [0, 0.1) is 5.82 Å². The number of carbonyl (C=O) groups is 1. The van der Waals surface area contributed by atoms with E-state index in [2.05, 4.69) is 5.32 Å². The van der Waals surface area contributed by atoms with Gasteiger partial charge in [0.2, 0.25) is 0 Å². The molecule has 0 radical (unpaired) electrons. The zero-order chi connectivity index (χ0) is 16.3. The quantitative estimate of drug-likeness (QED) is 0.877. The van der Waals surface area contributed by atoms with E-state index in [-0.39, 0.29) is 18.4 Å². The number of likely N-dealkylation sites (N-methyl/N-ethyl adjacent to an activating group) is 1. The summed E-state index contributed by atoms with van der Waals surface area (Å²) in [4.78, 5) is 13.4. The maximum atomic E-state index is 13.8. The van der Waals surface area contributed by atoms with Crippen molar-refractivity contribution in [1.82, 2.24) is 10.2 Å².